The number of halogens is 7. The number of hydrogen-bond donors (Lipinski definition) is 2. The monoisotopic (exact) mass is 614 g/mol. The zero-order valence-electron chi connectivity index (χ0n) is 21.6. The Kier molecular flexibility index (Phi) is 6.84. The molecule has 0 aliphatic heterocycles. The number of hydrogen-bond acceptors (Lipinski definition) is 7. The zero-order chi connectivity index (χ0) is 30.5. The number of nitriles is 1. The Labute approximate surface area is 243 Å². The van der Waals surface area contributed by atoms with E-state index in [1.165, 1.54) is 48.8 Å². The number of anilines is 3. The van der Waals surface area contributed by atoms with Crippen LogP contribution in [0.4, 0.5) is 43.4 Å². The average molecular weight is 615 g/mol. The molecule has 0 unspecified atom stereocenters. The van der Waals surface area contributed by atoms with Gasteiger partial charge in [0.15, 0.2) is 11.4 Å². The van der Waals surface area contributed by atoms with Crippen LogP contribution in [-0.2, 0) is 5.54 Å². The predicted molar refractivity (Wildman–Crippen MR) is 144 cm³/mol. The van der Waals surface area contributed by atoms with Crippen LogP contribution in [0, 0.1) is 28.9 Å². The van der Waals surface area contributed by atoms with Gasteiger partial charge in [-0.25, -0.2) is 18.4 Å². The largest absolute Gasteiger partial charge is 0.413 e. The van der Waals surface area contributed by atoms with Gasteiger partial charge in [-0.2, -0.15) is 22.8 Å². The Morgan fingerprint density at radius 1 is 1.02 bits per heavy atom. The average Bonchev–Trinajstić information content (AvgIpc) is 3.66. The van der Waals surface area contributed by atoms with Crippen LogP contribution in [0.15, 0.2) is 61.1 Å². The van der Waals surface area contributed by atoms with Crippen molar-refractivity contribution in [2.24, 2.45) is 0 Å². The smallest absolute Gasteiger partial charge is 0.371 e. The van der Waals surface area contributed by atoms with Crippen molar-refractivity contribution >= 4 is 39.6 Å². The lowest BCUT2D eigenvalue weighted by Crippen LogP contribution is -2.35. The molecule has 0 spiro atoms. The molecule has 1 saturated carbocycles. The third-order valence-corrected chi connectivity index (χ3v) is 7.34. The quantitative estimate of drug-likeness (QED) is 0.148. The summed E-state index contributed by atoms with van der Waals surface area (Å²) in [6.07, 6.45) is -1.33. The number of fused-ring (bicyclic) bond motifs is 1. The number of pyridine rings is 2. The van der Waals surface area contributed by atoms with E-state index in [-0.39, 0.29) is 51.7 Å². The summed E-state index contributed by atoms with van der Waals surface area (Å²) in [7, 11) is 0. The van der Waals surface area contributed by atoms with Crippen LogP contribution in [0.25, 0.3) is 10.9 Å². The molecule has 0 saturated heterocycles. The minimum absolute atomic E-state index is 0.0388. The maximum Gasteiger partial charge on any atom is 0.413 e. The normalized spacial score (nSPS) is 14.7. The van der Waals surface area contributed by atoms with Gasteiger partial charge in [-0.1, -0.05) is 28.9 Å². The van der Waals surface area contributed by atoms with Crippen LogP contribution in [0.5, 0.6) is 0 Å². The van der Waals surface area contributed by atoms with Gasteiger partial charge in [-0.15, -0.1) is 5.10 Å². The molecule has 3 aromatic heterocycles. The van der Waals surface area contributed by atoms with Crippen molar-refractivity contribution in [3.63, 3.8) is 0 Å². The third kappa shape index (κ3) is 5.16. The molecule has 8 nitrogen and oxygen atoms in total. The van der Waals surface area contributed by atoms with Crippen molar-refractivity contribution < 1.29 is 26.3 Å². The first-order valence-corrected chi connectivity index (χ1v) is 13.0. The number of rotatable bonds is 7. The minimum atomic E-state index is -4.53. The second-order valence-electron chi connectivity index (χ2n) is 9.88. The summed E-state index contributed by atoms with van der Waals surface area (Å²) in [4.78, 5) is 7.73. The first-order chi connectivity index (χ1) is 20.5. The second kappa shape index (κ2) is 10.4. The molecule has 1 fully saturated rings. The Morgan fingerprint density at radius 2 is 1.77 bits per heavy atom. The summed E-state index contributed by atoms with van der Waals surface area (Å²) in [5, 5.41) is 24.1. The van der Waals surface area contributed by atoms with Crippen LogP contribution >= 0.6 is 11.6 Å². The summed E-state index contributed by atoms with van der Waals surface area (Å²) in [5.74, 6) is -3.04. The Hall–Kier alpha value is -4.90. The highest BCUT2D eigenvalue weighted by Gasteiger charge is 2.66. The van der Waals surface area contributed by atoms with Crippen LogP contribution < -0.4 is 10.6 Å². The molecular formula is C28H17ClF6N8. The maximum absolute atomic E-state index is 13.9. The molecule has 0 bridgehead atoms. The van der Waals surface area contributed by atoms with Crippen molar-refractivity contribution in [1.29, 1.82) is 5.26 Å². The van der Waals surface area contributed by atoms with Crippen molar-refractivity contribution in [2.45, 2.75) is 30.6 Å². The molecule has 218 valence electrons. The van der Waals surface area contributed by atoms with Crippen molar-refractivity contribution in [2.75, 3.05) is 10.6 Å². The Morgan fingerprint density at radius 3 is 2.42 bits per heavy atom. The minimum Gasteiger partial charge on any atom is -0.371 e. The highest BCUT2D eigenvalue weighted by atomic mass is 35.5. The van der Waals surface area contributed by atoms with E-state index in [1.807, 2.05) is 6.07 Å². The predicted octanol–water partition coefficient (Wildman–Crippen LogP) is 7.16. The van der Waals surface area contributed by atoms with Crippen molar-refractivity contribution in [3.05, 3.63) is 100 Å². The van der Waals surface area contributed by atoms with E-state index in [0.717, 1.165) is 16.9 Å². The zero-order valence-corrected chi connectivity index (χ0v) is 22.4. The highest BCUT2D eigenvalue weighted by Crippen LogP contribution is 2.55. The lowest BCUT2D eigenvalue weighted by atomic mass is 10.0. The number of alkyl halides is 3. The molecule has 15 heteroatoms. The van der Waals surface area contributed by atoms with Gasteiger partial charge in [-0.3, -0.25) is 4.98 Å². The van der Waals surface area contributed by atoms with Crippen LogP contribution in [0.1, 0.15) is 35.7 Å². The van der Waals surface area contributed by atoms with Gasteiger partial charge in [0.1, 0.15) is 17.6 Å². The van der Waals surface area contributed by atoms with Gasteiger partial charge in [-0.05, 0) is 42.7 Å². The fourth-order valence-electron chi connectivity index (χ4n) is 4.75. The summed E-state index contributed by atoms with van der Waals surface area (Å²) >= 11 is 6.45. The molecule has 5 aromatic rings. The van der Waals surface area contributed by atoms with Gasteiger partial charge in [0.25, 0.3) is 0 Å². The molecule has 1 atom stereocenters. The van der Waals surface area contributed by atoms with E-state index in [2.05, 4.69) is 30.9 Å². The van der Waals surface area contributed by atoms with Gasteiger partial charge in [0.2, 0.25) is 5.95 Å². The van der Waals surface area contributed by atoms with Crippen LogP contribution in [0.2, 0.25) is 5.02 Å². The van der Waals surface area contributed by atoms with E-state index in [1.54, 1.807) is 0 Å². The lowest BCUT2D eigenvalue weighted by molar-refractivity contribution is -0.182. The fraction of sp³-hybridized carbons (Fsp3) is 0.179. The second-order valence-corrected chi connectivity index (χ2v) is 10.3. The van der Waals surface area contributed by atoms with E-state index in [0.29, 0.717) is 10.9 Å². The molecule has 43 heavy (non-hydrogen) atoms. The van der Waals surface area contributed by atoms with Gasteiger partial charge in [0, 0.05) is 22.7 Å². The molecule has 2 N–H and O–H groups in total. The number of benzene rings is 2. The SMILES string of the molecule is N#Cc1cnc2c(N[C@@H](c3ccc(F)cc3)c3cn(C4(C(F)(F)F)CC4)nn3)cc(Cl)cc2c1Nc1cnc(F)c(F)c1. The number of nitrogens with zero attached hydrogens (tertiary/aromatic N) is 6. The van der Waals surface area contributed by atoms with Crippen molar-refractivity contribution in [3.8, 4) is 6.07 Å². The summed E-state index contributed by atoms with van der Waals surface area (Å²) < 4.78 is 83.2. The summed E-state index contributed by atoms with van der Waals surface area (Å²) in [5.41, 5.74) is -0.806. The standard InChI is InChI=1S/C28H17ClF6N8/c29-16-7-19-23(39-18-9-20(31)26(32)38-12-18)15(10-36)11-37-25(19)21(8-16)40-24(14-1-3-17(30)4-2-14)22-13-43(42-41-22)27(5-6-27)28(33,34)35/h1-4,7-9,11-13,24,40H,5-6H2,(H,37,39)/t24-/m0/s1. The first-order valence-electron chi connectivity index (χ1n) is 12.6. The van der Waals surface area contributed by atoms with E-state index in [4.69, 9.17) is 11.6 Å². The highest BCUT2D eigenvalue weighted by molar-refractivity contribution is 6.32. The molecule has 6 rings (SSSR count). The molecule has 0 amide bonds. The van der Waals surface area contributed by atoms with Crippen LogP contribution in [-0.4, -0.2) is 31.1 Å². The lowest BCUT2D eigenvalue weighted by Gasteiger charge is -2.21. The van der Waals surface area contributed by atoms with Gasteiger partial charge < -0.3 is 10.6 Å². The van der Waals surface area contributed by atoms with E-state index in [9.17, 15) is 31.6 Å². The van der Waals surface area contributed by atoms with E-state index < -0.39 is 35.3 Å². The molecule has 2 aromatic carbocycles. The van der Waals surface area contributed by atoms with E-state index >= 15 is 0 Å². The third-order valence-electron chi connectivity index (χ3n) is 7.12. The van der Waals surface area contributed by atoms with Gasteiger partial charge >= 0.3 is 6.18 Å². The Bertz CT molecular complexity index is 1900. The molecule has 0 radical (unpaired) electrons. The van der Waals surface area contributed by atoms with Crippen molar-refractivity contribution in [1.82, 2.24) is 25.0 Å². The number of aromatic nitrogens is 5. The molecule has 1 aliphatic carbocycles. The number of nitrogens with one attached hydrogen (secondary N) is 2. The fourth-order valence-corrected chi connectivity index (χ4v) is 4.97. The molecule has 1 aliphatic rings. The summed E-state index contributed by atoms with van der Waals surface area (Å²) in [6, 6.07) is 10.2. The van der Waals surface area contributed by atoms with Gasteiger partial charge in [0.05, 0.1) is 46.6 Å². The molecule has 3 heterocycles. The first kappa shape index (κ1) is 28.2. The summed E-state index contributed by atoms with van der Waals surface area (Å²) in [6.45, 7) is 0. The molecular weight excluding hydrogens is 598 g/mol. The van der Waals surface area contributed by atoms with Crippen LogP contribution in [0.3, 0.4) is 0 Å². The topological polar surface area (TPSA) is 104 Å². The Balaban J connectivity index is 1.45. The maximum atomic E-state index is 13.9.